The van der Waals surface area contributed by atoms with Crippen LogP contribution in [0.5, 0.6) is 0 Å². The molecule has 0 aromatic rings. The highest BCUT2D eigenvalue weighted by atomic mass is 31.2. The Morgan fingerprint density at radius 1 is 0.879 bits per heavy atom. The number of rotatable bonds is 23. The minimum absolute atomic E-state index is 0.0522. The topological polar surface area (TPSA) is 134 Å². The van der Waals surface area contributed by atoms with Crippen molar-refractivity contribution in [2.24, 2.45) is 5.73 Å². The maximum Gasteiger partial charge on any atom is 0.472 e. The molecule has 3 N–H and O–H groups in total. The Labute approximate surface area is 199 Å². The molecule has 0 saturated heterocycles. The van der Waals surface area contributed by atoms with Crippen molar-refractivity contribution in [1.82, 2.24) is 0 Å². The van der Waals surface area contributed by atoms with Crippen LogP contribution in [0.3, 0.4) is 0 Å². The van der Waals surface area contributed by atoms with Gasteiger partial charge in [0.2, 0.25) is 0 Å². The number of esters is 2. The van der Waals surface area contributed by atoms with Gasteiger partial charge in [0, 0.05) is 19.4 Å². The van der Waals surface area contributed by atoms with Crippen molar-refractivity contribution >= 4 is 19.8 Å². The summed E-state index contributed by atoms with van der Waals surface area (Å²) in [5.74, 6) is -0.883. The zero-order chi connectivity index (χ0) is 24.8. The molecule has 0 aliphatic rings. The molecule has 9 nitrogen and oxygen atoms in total. The molecule has 0 saturated carbocycles. The lowest BCUT2D eigenvalue weighted by atomic mass is 10.1. The van der Waals surface area contributed by atoms with E-state index >= 15 is 0 Å². The Balaban J connectivity index is 4.42. The highest BCUT2D eigenvalue weighted by molar-refractivity contribution is 7.47. The van der Waals surface area contributed by atoms with Crippen molar-refractivity contribution in [3.8, 4) is 0 Å². The summed E-state index contributed by atoms with van der Waals surface area (Å²) in [5, 5.41) is 0. The summed E-state index contributed by atoms with van der Waals surface area (Å²) < 4.78 is 31.9. The fourth-order valence-electron chi connectivity index (χ4n) is 3.03. The molecule has 0 bridgehead atoms. The van der Waals surface area contributed by atoms with Crippen molar-refractivity contribution in [2.75, 3.05) is 26.4 Å². The van der Waals surface area contributed by atoms with E-state index < -0.39 is 32.5 Å². The molecule has 0 rings (SSSR count). The van der Waals surface area contributed by atoms with Crippen LogP contribution >= 0.6 is 7.82 Å². The summed E-state index contributed by atoms with van der Waals surface area (Å²) in [4.78, 5) is 33.8. The van der Waals surface area contributed by atoms with E-state index in [1.54, 1.807) is 0 Å². The van der Waals surface area contributed by atoms with E-state index in [4.69, 9.17) is 19.7 Å². The van der Waals surface area contributed by atoms with E-state index in [0.29, 0.717) is 12.8 Å². The van der Waals surface area contributed by atoms with Crippen molar-refractivity contribution in [2.45, 2.75) is 103 Å². The van der Waals surface area contributed by atoms with E-state index in [2.05, 4.69) is 18.4 Å². The second-order valence-corrected chi connectivity index (χ2v) is 9.52. The normalized spacial score (nSPS) is 13.9. The first kappa shape index (κ1) is 32.0. The molecule has 0 fully saturated rings. The van der Waals surface area contributed by atoms with Crippen molar-refractivity contribution in [3.05, 3.63) is 6.92 Å². The number of unbranched alkanes of at least 4 members (excludes halogenated alkanes) is 10. The van der Waals surface area contributed by atoms with Gasteiger partial charge in [-0.3, -0.25) is 18.6 Å². The van der Waals surface area contributed by atoms with Gasteiger partial charge in [-0.15, -0.1) is 0 Å². The summed E-state index contributed by atoms with van der Waals surface area (Å²) in [7, 11) is -4.34. The molecule has 0 aliphatic carbocycles. The van der Waals surface area contributed by atoms with Gasteiger partial charge in [-0.05, 0) is 12.8 Å². The summed E-state index contributed by atoms with van der Waals surface area (Å²) >= 11 is 0. The van der Waals surface area contributed by atoms with Crippen LogP contribution in [-0.2, 0) is 32.7 Å². The molecule has 10 heteroatoms. The Kier molecular flexibility index (Phi) is 20.9. The van der Waals surface area contributed by atoms with Crippen LogP contribution in [0.15, 0.2) is 0 Å². The molecule has 1 unspecified atom stereocenters. The van der Waals surface area contributed by atoms with Gasteiger partial charge in [0.1, 0.15) is 6.61 Å². The van der Waals surface area contributed by atoms with Crippen LogP contribution in [-0.4, -0.2) is 49.3 Å². The first-order chi connectivity index (χ1) is 15.8. The number of ether oxygens (including phenoxy) is 2. The molecule has 2 atom stereocenters. The van der Waals surface area contributed by atoms with Crippen LogP contribution in [0.2, 0.25) is 0 Å². The third-order valence-corrected chi connectivity index (χ3v) is 5.87. The number of carbonyl (C=O) groups excluding carboxylic acids is 2. The third kappa shape index (κ3) is 21.3. The number of nitrogens with two attached hydrogens (primary N) is 1. The molecular weight excluding hydrogens is 449 g/mol. The molecule has 0 aromatic carbocycles. The minimum atomic E-state index is -4.34. The SMILES string of the molecule is [CH2-]CCCCCC(=O)OC[C@H](COP(=O)(O)OCCN)OC(=O)CCCCCCCCCC. The van der Waals surface area contributed by atoms with Crippen LogP contribution in [0.1, 0.15) is 96.8 Å². The van der Waals surface area contributed by atoms with Gasteiger partial charge in [-0.25, -0.2) is 4.57 Å². The van der Waals surface area contributed by atoms with E-state index in [1.807, 2.05) is 0 Å². The number of phosphoric ester groups is 1. The number of hydrogen-bond acceptors (Lipinski definition) is 8. The molecule has 0 aliphatic heterocycles. The van der Waals surface area contributed by atoms with Gasteiger partial charge in [0.25, 0.3) is 0 Å². The minimum Gasteiger partial charge on any atom is -0.462 e. The molecule has 0 heterocycles. The maximum atomic E-state index is 12.2. The predicted molar refractivity (Wildman–Crippen MR) is 127 cm³/mol. The lowest BCUT2D eigenvalue weighted by Gasteiger charge is -2.19. The quantitative estimate of drug-likeness (QED) is 0.0884. The zero-order valence-electron chi connectivity index (χ0n) is 20.3. The fourth-order valence-corrected chi connectivity index (χ4v) is 3.79. The summed E-state index contributed by atoms with van der Waals surface area (Å²) in [5.41, 5.74) is 5.25. The van der Waals surface area contributed by atoms with E-state index in [1.165, 1.54) is 25.7 Å². The van der Waals surface area contributed by atoms with E-state index in [0.717, 1.165) is 38.5 Å². The average molecular weight is 495 g/mol. The first-order valence-corrected chi connectivity index (χ1v) is 13.8. The summed E-state index contributed by atoms with van der Waals surface area (Å²) in [6.45, 7) is 5.15. The number of hydrogen-bond donors (Lipinski definition) is 2. The van der Waals surface area contributed by atoms with Gasteiger partial charge in [-0.1, -0.05) is 64.7 Å². The van der Waals surface area contributed by atoms with Crippen LogP contribution in [0.25, 0.3) is 0 Å². The van der Waals surface area contributed by atoms with Crippen molar-refractivity contribution < 1.29 is 37.6 Å². The first-order valence-electron chi connectivity index (χ1n) is 12.3. The van der Waals surface area contributed by atoms with E-state index in [-0.39, 0.29) is 32.6 Å². The van der Waals surface area contributed by atoms with Gasteiger partial charge < -0.3 is 27.0 Å². The molecular formula is C23H45NO8P-. The predicted octanol–water partition coefficient (Wildman–Crippen LogP) is 4.85. The second kappa shape index (κ2) is 21.5. The Morgan fingerprint density at radius 3 is 2.06 bits per heavy atom. The Morgan fingerprint density at radius 2 is 1.45 bits per heavy atom. The third-order valence-electron chi connectivity index (χ3n) is 4.89. The highest BCUT2D eigenvalue weighted by Gasteiger charge is 2.25. The summed E-state index contributed by atoms with van der Waals surface area (Å²) in [6, 6.07) is 0. The molecule has 33 heavy (non-hydrogen) atoms. The van der Waals surface area contributed by atoms with E-state index in [9.17, 15) is 19.0 Å². The molecule has 0 aromatic heterocycles. The van der Waals surface area contributed by atoms with Gasteiger partial charge >= 0.3 is 19.8 Å². The lowest BCUT2D eigenvalue weighted by Crippen LogP contribution is -2.29. The largest absolute Gasteiger partial charge is 0.472 e. The Bertz CT molecular complexity index is 547. The lowest BCUT2D eigenvalue weighted by molar-refractivity contribution is -0.161. The average Bonchev–Trinajstić information content (AvgIpc) is 2.79. The summed E-state index contributed by atoms with van der Waals surface area (Å²) in [6.07, 6.45) is 11.6. The number of phosphoric acid groups is 1. The molecule has 0 radical (unpaired) electrons. The van der Waals surface area contributed by atoms with Gasteiger partial charge in [0.05, 0.1) is 13.2 Å². The van der Waals surface area contributed by atoms with Crippen molar-refractivity contribution in [3.63, 3.8) is 0 Å². The Hall–Kier alpha value is -0.990. The zero-order valence-corrected chi connectivity index (χ0v) is 21.2. The van der Waals surface area contributed by atoms with Gasteiger partial charge in [0.15, 0.2) is 6.10 Å². The highest BCUT2D eigenvalue weighted by Crippen LogP contribution is 2.43. The van der Waals surface area contributed by atoms with Crippen molar-refractivity contribution in [1.29, 1.82) is 0 Å². The molecule has 0 amide bonds. The van der Waals surface area contributed by atoms with Crippen LogP contribution < -0.4 is 5.73 Å². The maximum absolute atomic E-state index is 12.2. The van der Waals surface area contributed by atoms with Crippen LogP contribution in [0, 0.1) is 6.92 Å². The molecule has 0 spiro atoms. The second-order valence-electron chi connectivity index (χ2n) is 8.07. The monoisotopic (exact) mass is 494 g/mol. The standard InChI is InChI=1S/C23H45NO8P/c1-3-5-7-9-10-11-12-14-16-23(26)32-21(20-31-33(27,28)30-18-17-24)19-29-22(25)15-13-8-6-4-2/h21H,2-20,24H2,1H3,(H,27,28)/q-1/t21-/m1/s1. The van der Waals surface area contributed by atoms with Crippen LogP contribution in [0.4, 0.5) is 0 Å². The fraction of sp³-hybridized carbons (Fsp3) is 0.870. The van der Waals surface area contributed by atoms with Gasteiger partial charge in [-0.2, -0.15) is 6.42 Å². The molecule has 196 valence electrons. The smallest absolute Gasteiger partial charge is 0.462 e. The number of carbonyl (C=O) groups is 2.